The Morgan fingerprint density at radius 3 is 2.36 bits per heavy atom. The van der Waals surface area contributed by atoms with Crippen LogP contribution in [0.4, 0.5) is 11.4 Å². The zero-order valence-electron chi connectivity index (χ0n) is 22.6. The average Bonchev–Trinajstić information content (AvgIpc) is 3.37. The number of nitrogens with zero attached hydrogens (tertiary/aromatic N) is 3. The molecule has 2 aliphatic rings. The minimum absolute atomic E-state index is 0.226. The van der Waals surface area contributed by atoms with Gasteiger partial charge in [0, 0.05) is 44.6 Å². The van der Waals surface area contributed by atoms with Crippen LogP contribution in [0.1, 0.15) is 56.7 Å². The molecule has 2 amide bonds. The summed E-state index contributed by atoms with van der Waals surface area (Å²) in [7, 11) is 1.72. The van der Waals surface area contributed by atoms with Crippen molar-refractivity contribution in [1.82, 2.24) is 14.7 Å². The van der Waals surface area contributed by atoms with Gasteiger partial charge in [0.05, 0.1) is 11.1 Å². The van der Waals surface area contributed by atoms with Crippen molar-refractivity contribution in [2.75, 3.05) is 44.8 Å². The lowest BCUT2D eigenvalue weighted by Gasteiger charge is -2.26. The van der Waals surface area contributed by atoms with Crippen molar-refractivity contribution < 1.29 is 14.3 Å². The Balaban J connectivity index is 1.24. The molecule has 4 N–H and O–H groups in total. The van der Waals surface area contributed by atoms with Gasteiger partial charge in [-0.1, -0.05) is 42.8 Å². The summed E-state index contributed by atoms with van der Waals surface area (Å²) in [6.07, 6.45) is 3.85. The number of anilines is 2. The van der Waals surface area contributed by atoms with Gasteiger partial charge in [0.1, 0.15) is 12.4 Å². The number of amides is 2. The number of nitrogens with two attached hydrogens (primary N) is 2. The molecule has 2 heterocycles. The molecule has 0 aliphatic carbocycles. The summed E-state index contributed by atoms with van der Waals surface area (Å²) in [4.78, 5) is 32.6. The molecule has 0 aromatic heterocycles. The number of rotatable bonds is 8. The lowest BCUT2D eigenvalue weighted by Crippen LogP contribution is -2.33. The summed E-state index contributed by atoms with van der Waals surface area (Å²) in [5, 5.41) is 0. The van der Waals surface area contributed by atoms with Crippen LogP contribution in [0, 0.1) is 0 Å². The van der Waals surface area contributed by atoms with Crippen LogP contribution in [0.2, 0.25) is 0 Å². The maximum Gasteiger partial charge on any atom is 0.256 e. The van der Waals surface area contributed by atoms with Gasteiger partial charge in [0.2, 0.25) is 0 Å². The number of likely N-dealkylation sites (tertiary alicyclic amines) is 1. The van der Waals surface area contributed by atoms with Gasteiger partial charge in [-0.15, -0.1) is 0 Å². The Kier molecular flexibility index (Phi) is 8.02. The average molecular weight is 528 g/mol. The van der Waals surface area contributed by atoms with Crippen molar-refractivity contribution in [2.24, 2.45) is 0 Å². The molecule has 3 aromatic rings. The van der Waals surface area contributed by atoms with E-state index in [1.165, 1.54) is 31.4 Å². The molecule has 0 radical (unpaired) electrons. The van der Waals surface area contributed by atoms with E-state index >= 15 is 0 Å². The fraction of sp³-hybridized carbons (Fsp3) is 0.355. The zero-order valence-corrected chi connectivity index (χ0v) is 22.6. The normalized spacial score (nSPS) is 15.2. The van der Waals surface area contributed by atoms with Gasteiger partial charge in [-0.3, -0.25) is 14.5 Å². The summed E-state index contributed by atoms with van der Waals surface area (Å²) in [6, 6.07) is 18.8. The van der Waals surface area contributed by atoms with Gasteiger partial charge in [0.15, 0.2) is 0 Å². The predicted molar refractivity (Wildman–Crippen MR) is 153 cm³/mol. The second kappa shape index (κ2) is 11.8. The summed E-state index contributed by atoms with van der Waals surface area (Å²) in [6.45, 7) is 5.24. The maximum atomic E-state index is 13.6. The molecule has 8 heteroatoms. The number of hydrogen-bond acceptors (Lipinski definition) is 6. The largest absolute Gasteiger partial charge is 0.492 e. The van der Waals surface area contributed by atoms with Gasteiger partial charge in [-0.2, -0.15) is 0 Å². The summed E-state index contributed by atoms with van der Waals surface area (Å²) < 4.78 is 6.03. The summed E-state index contributed by atoms with van der Waals surface area (Å²) in [5.41, 5.74) is 16.6. The molecule has 39 heavy (non-hydrogen) atoms. The smallest absolute Gasteiger partial charge is 0.256 e. The van der Waals surface area contributed by atoms with Crippen molar-refractivity contribution in [2.45, 2.75) is 38.9 Å². The molecule has 0 unspecified atom stereocenters. The topological polar surface area (TPSA) is 105 Å². The van der Waals surface area contributed by atoms with Crippen LogP contribution in [-0.2, 0) is 19.6 Å². The van der Waals surface area contributed by atoms with Crippen LogP contribution in [0.15, 0.2) is 60.7 Å². The molecule has 1 saturated heterocycles. The summed E-state index contributed by atoms with van der Waals surface area (Å²) >= 11 is 0. The lowest BCUT2D eigenvalue weighted by atomic mass is 10.0. The SMILES string of the molecule is CN(Cc1ccccc1)C(=O)c1cc(C(=O)N2Cc3ccc(OCCN4CCCCC4)cc3C2)c(N)cc1N. The molecule has 204 valence electrons. The van der Waals surface area contributed by atoms with Crippen molar-refractivity contribution in [3.63, 3.8) is 0 Å². The number of ether oxygens (including phenoxy) is 1. The van der Waals surface area contributed by atoms with E-state index in [1.807, 2.05) is 48.5 Å². The van der Waals surface area contributed by atoms with Gasteiger partial charge in [-0.05, 0) is 66.9 Å². The molecule has 0 saturated carbocycles. The van der Waals surface area contributed by atoms with Gasteiger partial charge < -0.3 is 26.0 Å². The molecule has 8 nitrogen and oxygen atoms in total. The number of carbonyl (C=O) groups excluding carboxylic acids is 2. The number of nitrogen functional groups attached to an aromatic ring is 2. The second-order valence-corrected chi connectivity index (χ2v) is 10.5. The Bertz CT molecular complexity index is 1340. The first-order valence-corrected chi connectivity index (χ1v) is 13.6. The Hall–Kier alpha value is -4.04. The quantitative estimate of drug-likeness (QED) is 0.427. The molecular formula is C31H37N5O3. The van der Waals surface area contributed by atoms with Gasteiger partial charge >= 0.3 is 0 Å². The molecule has 0 bridgehead atoms. The highest BCUT2D eigenvalue weighted by Crippen LogP contribution is 2.30. The molecule has 2 aliphatic heterocycles. The third-order valence-corrected chi connectivity index (χ3v) is 7.60. The minimum atomic E-state index is -0.263. The molecule has 1 fully saturated rings. The number of fused-ring (bicyclic) bond motifs is 1. The minimum Gasteiger partial charge on any atom is -0.492 e. The van der Waals surface area contributed by atoms with Crippen LogP contribution in [0.25, 0.3) is 0 Å². The molecular weight excluding hydrogens is 490 g/mol. The van der Waals surface area contributed by atoms with Crippen molar-refractivity contribution >= 4 is 23.2 Å². The zero-order chi connectivity index (χ0) is 27.4. The fourth-order valence-corrected chi connectivity index (χ4v) is 5.39. The fourth-order valence-electron chi connectivity index (χ4n) is 5.39. The number of piperidine rings is 1. The Morgan fingerprint density at radius 1 is 0.872 bits per heavy atom. The predicted octanol–water partition coefficient (Wildman–Crippen LogP) is 4.14. The van der Waals surface area contributed by atoms with Crippen LogP contribution in [-0.4, -0.2) is 59.8 Å². The van der Waals surface area contributed by atoms with E-state index in [-0.39, 0.29) is 34.3 Å². The van der Waals surface area contributed by atoms with E-state index in [0.717, 1.165) is 42.1 Å². The first kappa shape index (κ1) is 26.6. The van der Waals surface area contributed by atoms with E-state index in [2.05, 4.69) is 4.90 Å². The molecule has 5 rings (SSSR count). The highest BCUT2D eigenvalue weighted by molar-refractivity contribution is 6.06. The van der Waals surface area contributed by atoms with E-state index in [9.17, 15) is 9.59 Å². The van der Waals surface area contributed by atoms with E-state index < -0.39 is 0 Å². The summed E-state index contributed by atoms with van der Waals surface area (Å²) in [5.74, 6) is 0.332. The number of benzene rings is 3. The lowest BCUT2D eigenvalue weighted by molar-refractivity contribution is 0.0752. The Labute approximate surface area is 230 Å². The van der Waals surface area contributed by atoms with Crippen LogP contribution in [0.5, 0.6) is 5.75 Å². The van der Waals surface area contributed by atoms with E-state index in [0.29, 0.717) is 26.2 Å². The van der Waals surface area contributed by atoms with E-state index in [4.69, 9.17) is 16.2 Å². The Morgan fingerprint density at radius 2 is 1.59 bits per heavy atom. The highest BCUT2D eigenvalue weighted by atomic mass is 16.5. The van der Waals surface area contributed by atoms with Crippen LogP contribution in [0.3, 0.4) is 0 Å². The van der Waals surface area contributed by atoms with Crippen molar-refractivity contribution in [3.05, 3.63) is 88.5 Å². The molecule has 3 aromatic carbocycles. The number of hydrogen-bond donors (Lipinski definition) is 2. The molecule has 0 atom stereocenters. The van der Waals surface area contributed by atoms with Crippen molar-refractivity contribution in [3.8, 4) is 5.75 Å². The van der Waals surface area contributed by atoms with E-state index in [1.54, 1.807) is 16.8 Å². The van der Waals surface area contributed by atoms with Gasteiger partial charge in [-0.25, -0.2) is 0 Å². The standard InChI is InChI=1S/C31H37N5O3/c1-34(19-22-8-4-2-5-9-22)30(37)26-17-27(29(33)18-28(26)32)31(38)36-20-23-10-11-25(16-24(23)21-36)39-15-14-35-12-6-3-7-13-35/h2,4-5,8-11,16-18H,3,6-7,12-15,19-21,32-33H2,1H3. The number of carbonyl (C=O) groups is 2. The third-order valence-electron chi connectivity index (χ3n) is 7.60. The first-order valence-electron chi connectivity index (χ1n) is 13.6. The van der Waals surface area contributed by atoms with Crippen molar-refractivity contribution in [1.29, 1.82) is 0 Å². The van der Waals surface area contributed by atoms with Crippen LogP contribution < -0.4 is 16.2 Å². The highest BCUT2D eigenvalue weighted by Gasteiger charge is 2.28. The second-order valence-electron chi connectivity index (χ2n) is 10.5. The monoisotopic (exact) mass is 527 g/mol. The van der Waals surface area contributed by atoms with Crippen LogP contribution >= 0.6 is 0 Å². The first-order chi connectivity index (χ1) is 18.9. The molecule has 0 spiro atoms. The maximum absolute atomic E-state index is 13.6. The van der Waals surface area contributed by atoms with Gasteiger partial charge in [0.25, 0.3) is 11.8 Å². The third kappa shape index (κ3) is 6.17.